The maximum absolute atomic E-state index is 13.4. The van der Waals surface area contributed by atoms with Crippen molar-refractivity contribution in [3.05, 3.63) is 12.7 Å². The van der Waals surface area contributed by atoms with Crippen LogP contribution in [0.2, 0.25) is 0 Å². The standard InChI is InChI=1S/C15H16F10O5S/c1-2-9(26)30-13(14(21,22)23,10(27)28-8-6-12(18,19)20)29-7-4-3-5-11(16,17)15(24,25)31/h2,31H,1,3-8H2. The van der Waals surface area contributed by atoms with Gasteiger partial charge in [-0.1, -0.05) is 19.2 Å². The molecule has 0 aliphatic rings. The Labute approximate surface area is 174 Å². The summed E-state index contributed by atoms with van der Waals surface area (Å²) in [5.41, 5.74) is 0. The van der Waals surface area contributed by atoms with Gasteiger partial charge in [-0.2, -0.15) is 43.9 Å². The van der Waals surface area contributed by atoms with Crippen LogP contribution in [-0.2, 0) is 23.8 Å². The van der Waals surface area contributed by atoms with Crippen LogP contribution < -0.4 is 0 Å². The van der Waals surface area contributed by atoms with Gasteiger partial charge < -0.3 is 14.2 Å². The molecule has 0 amide bonds. The van der Waals surface area contributed by atoms with E-state index in [1.165, 1.54) is 0 Å². The van der Waals surface area contributed by atoms with Crippen LogP contribution in [0.3, 0.4) is 0 Å². The number of rotatable bonds is 12. The van der Waals surface area contributed by atoms with Crippen LogP contribution in [-0.4, -0.2) is 54.5 Å². The lowest BCUT2D eigenvalue weighted by Crippen LogP contribution is -2.58. The molecule has 31 heavy (non-hydrogen) atoms. The zero-order valence-electron chi connectivity index (χ0n) is 15.3. The number of carbonyl (C=O) groups is 2. The molecule has 1 unspecified atom stereocenters. The molecular weight excluding hydrogens is 482 g/mol. The molecule has 0 radical (unpaired) electrons. The second kappa shape index (κ2) is 10.7. The van der Waals surface area contributed by atoms with Gasteiger partial charge in [0.1, 0.15) is 6.61 Å². The number of thiol groups is 1. The first-order valence-corrected chi connectivity index (χ1v) is 8.52. The molecule has 5 nitrogen and oxygen atoms in total. The first-order valence-electron chi connectivity index (χ1n) is 8.07. The van der Waals surface area contributed by atoms with E-state index in [-0.39, 0.29) is 6.08 Å². The fraction of sp³-hybridized carbons (Fsp3) is 0.733. The third-order valence-electron chi connectivity index (χ3n) is 3.30. The van der Waals surface area contributed by atoms with Gasteiger partial charge in [-0.25, -0.2) is 9.59 Å². The molecule has 0 rings (SSSR count). The molecule has 0 aliphatic heterocycles. The molecule has 0 heterocycles. The summed E-state index contributed by atoms with van der Waals surface area (Å²) in [6.07, 6.45) is -15.6. The summed E-state index contributed by atoms with van der Waals surface area (Å²) in [6, 6.07) is 0. The Morgan fingerprint density at radius 3 is 1.84 bits per heavy atom. The lowest BCUT2D eigenvalue weighted by molar-refractivity contribution is -0.354. The second-order valence-electron chi connectivity index (χ2n) is 5.79. The minimum atomic E-state index is -5.89. The van der Waals surface area contributed by atoms with Crippen molar-refractivity contribution in [1.82, 2.24) is 0 Å². The van der Waals surface area contributed by atoms with E-state index in [1.54, 1.807) is 0 Å². The lowest BCUT2D eigenvalue weighted by atomic mass is 10.1. The number of unbranched alkanes of at least 4 members (excludes halogenated alkanes) is 1. The highest BCUT2D eigenvalue weighted by atomic mass is 32.1. The minimum absolute atomic E-state index is 0.169. The molecule has 16 heteroatoms. The van der Waals surface area contributed by atoms with Crippen LogP contribution in [0.5, 0.6) is 0 Å². The van der Waals surface area contributed by atoms with Gasteiger partial charge in [0.05, 0.1) is 13.0 Å². The van der Waals surface area contributed by atoms with E-state index in [4.69, 9.17) is 0 Å². The van der Waals surface area contributed by atoms with Gasteiger partial charge in [0.25, 0.3) is 0 Å². The molecule has 0 spiro atoms. The summed E-state index contributed by atoms with van der Waals surface area (Å²) >= 11 is 2.40. The zero-order valence-corrected chi connectivity index (χ0v) is 16.2. The number of esters is 2. The molecule has 0 fully saturated rings. The number of hydrogen-bond acceptors (Lipinski definition) is 6. The number of halogens is 10. The zero-order chi connectivity index (χ0) is 24.7. The Hall–Kier alpha value is -1.71. The summed E-state index contributed by atoms with van der Waals surface area (Å²) in [7, 11) is 0. The smallest absolute Gasteiger partial charge is 0.460 e. The molecule has 0 N–H and O–H groups in total. The topological polar surface area (TPSA) is 61.8 Å². The number of ether oxygens (including phenoxy) is 3. The van der Waals surface area contributed by atoms with E-state index < -0.39 is 80.2 Å². The monoisotopic (exact) mass is 498 g/mol. The van der Waals surface area contributed by atoms with Crippen molar-refractivity contribution >= 4 is 24.6 Å². The molecule has 0 aromatic carbocycles. The quantitative estimate of drug-likeness (QED) is 0.105. The Morgan fingerprint density at radius 1 is 0.871 bits per heavy atom. The van der Waals surface area contributed by atoms with Gasteiger partial charge in [-0.15, -0.1) is 0 Å². The predicted octanol–water partition coefficient (Wildman–Crippen LogP) is 4.81. The highest BCUT2D eigenvalue weighted by Gasteiger charge is 2.67. The van der Waals surface area contributed by atoms with E-state index >= 15 is 0 Å². The van der Waals surface area contributed by atoms with Crippen molar-refractivity contribution in [2.45, 2.75) is 55.0 Å². The van der Waals surface area contributed by atoms with Crippen molar-refractivity contribution in [3.8, 4) is 0 Å². The van der Waals surface area contributed by atoms with Crippen molar-refractivity contribution in [2.75, 3.05) is 13.2 Å². The normalized spacial score (nSPS) is 15.2. The van der Waals surface area contributed by atoms with Crippen LogP contribution in [0.1, 0.15) is 25.7 Å². The average molecular weight is 498 g/mol. The van der Waals surface area contributed by atoms with E-state index in [9.17, 15) is 53.5 Å². The van der Waals surface area contributed by atoms with Crippen LogP contribution in [0.15, 0.2) is 12.7 Å². The third kappa shape index (κ3) is 9.13. The maximum atomic E-state index is 13.4. The molecule has 1 atom stereocenters. The van der Waals surface area contributed by atoms with Gasteiger partial charge in [0.2, 0.25) is 0 Å². The minimum Gasteiger partial charge on any atom is -0.460 e. The first-order chi connectivity index (χ1) is 13.8. The SMILES string of the molecule is C=CC(=O)OC(OCCCCC(F)(F)C(F)(F)S)(C(=O)OCCC(F)(F)F)C(F)(F)F. The summed E-state index contributed by atoms with van der Waals surface area (Å²) < 4.78 is 140. The van der Waals surface area contributed by atoms with E-state index in [2.05, 4.69) is 33.4 Å². The molecule has 0 aromatic rings. The van der Waals surface area contributed by atoms with Gasteiger partial charge in [-0.05, 0) is 12.8 Å². The maximum Gasteiger partial charge on any atom is 0.468 e. The van der Waals surface area contributed by atoms with E-state index in [0.29, 0.717) is 0 Å². The Bertz CT molecular complexity index is 629. The summed E-state index contributed by atoms with van der Waals surface area (Å²) in [5.74, 6) is -13.6. The highest BCUT2D eigenvalue weighted by molar-refractivity contribution is 7.81. The number of hydrogen-bond donors (Lipinski definition) is 1. The molecule has 0 aliphatic carbocycles. The second-order valence-corrected chi connectivity index (χ2v) is 6.35. The fourth-order valence-corrected chi connectivity index (χ4v) is 1.85. The highest BCUT2D eigenvalue weighted by Crippen LogP contribution is 2.41. The molecule has 182 valence electrons. The Morgan fingerprint density at radius 2 is 1.42 bits per heavy atom. The van der Waals surface area contributed by atoms with E-state index in [1.807, 2.05) is 0 Å². The molecule has 0 saturated heterocycles. The number of alkyl halides is 10. The molecule has 0 bridgehead atoms. The summed E-state index contributed by atoms with van der Waals surface area (Å²) in [6.45, 7) is -0.0619. The van der Waals surface area contributed by atoms with Gasteiger partial charge in [-0.3, -0.25) is 0 Å². The van der Waals surface area contributed by atoms with Gasteiger partial charge in [0, 0.05) is 12.5 Å². The van der Waals surface area contributed by atoms with Gasteiger partial charge >= 0.3 is 41.3 Å². The number of carbonyl (C=O) groups excluding carboxylic acids is 2. The van der Waals surface area contributed by atoms with Crippen LogP contribution in [0.25, 0.3) is 0 Å². The lowest BCUT2D eigenvalue weighted by Gasteiger charge is -2.32. The Kier molecular flexibility index (Phi) is 10.1. The van der Waals surface area contributed by atoms with Crippen molar-refractivity contribution in [1.29, 1.82) is 0 Å². The van der Waals surface area contributed by atoms with Crippen LogP contribution in [0, 0.1) is 0 Å². The van der Waals surface area contributed by atoms with Gasteiger partial charge in [0.15, 0.2) is 0 Å². The Balaban J connectivity index is 5.36. The van der Waals surface area contributed by atoms with Crippen LogP contribution in [0.4, 0.5) is 43.9 Å². The molecular formula is C15H16F10O5S. The molecule has 0 aromatic heterocycles. The first kappa shape index (κ1) is 29.3. The van der Waals surface area contributed by atoms with Crippen LogP contribution >= 0.6 is 12.6 Å². The summed E-state index contributed by atoms with van der Waals surface area (Å²) in [4.78, 5) is 23.1. The molecule has 0 saturated carbocycles. The average Bonchev–Trinajstić information content (AvgIpc) is 2.56. The van der Waals surface area contributed by atoms with E-state index in [0.717, 1.165) is 0 Å². The van der Waals surface area contributed by atoms with Crippen molar-refractivity contribution in [2.24, 2.45) is 0 Å². The van der Waals surface area contributed by atoms with Crippen molar-refractivity contribution < 1.29 is 67.7 Å². The van der Waals surface area contributed by atoms with Crippen molar-refractivity contribution in [3.63, 3.8) is 0 Å². The largest absolute Gasteiger partial charge is 0.468 e. The summed E-state index contributed by atoms with van der Waals surface area (Å²) in [5, 5.41) is -4.72. The third-order valence-corrected chi connectivity index (χ3v) is 3.63. The predicted molar refractivity (Wildman–Crippen MR) is 85.4 cm³/mol. The fourth-order valence-electron chi connectivity index (χ4n) is 1.74.